The summed E-state index contributed by atoms with van der Waals surface area (Å²) in [6.45, 7) is 1.85. The van der Waals surface area contributed by atoms with Gasteiger partial charge in [0.1, 0.15) is 17.4 Å². The lowest BCUT2D eigenvalue weighted by molar-refractivity contribution is -0.138. The van der Waals surface area contributed by atoms with E-state index in [1.165, 1.54) is 6.20 Å². The van der Waals surface area contributed by atoms with E-state index in [4.69, 9.17) is 9.84 Å². The number of carbonyl (C=O) groups is 2. The number of rotatable bonds is 1. The van der Waals surface area contributed by atoms with Gasteiger partial charge in [0.15, 0.2) is 5.78 Å². The Hall–Kier alpha value is -1.78. The van der Waals surface area contributed by atoms with Gasteiger partial charge in [0.05, 0.1) is 6.04 Å². The Morgan fingerprint density at radius 1 is 1.44 bits per heavy atom. The number of carboxylic acid groups (broad SMARTS) is 1. The van der Waals surface area contributed by atoms with Gasteiger partial charge in [-0.3, -0.25) is 4.79 Å². The molecule has 0 aromatic carbocycles. The molecule has 96 valence electrons. The molecule has 1 aliphatic carbocycles. The minimum atomic E-state index is -1.14. The summed E-state index contributed by atoms with van der Waals surface area (Å²) >= 11 is 0. The Labute approximate surface area is 105 Å². The summed E-state index contributed by atoms with van der Waals surface area (Å²) < 4.78 is 5.76. The minimum absolute atomic E-state index is 0.00398. The van der Waals surface area contributed by atoms with Crippen LogP contribution in [-0.2, 0) is 14.3 Å². The normalized spacial score (nSPS) is 34.2. The van der Waals surface area contributed by atoms with Gasteiger partial charge in [-0.1, -0.05) is 0 Å². The van der Waals surface area contributed by atoms with Crippen LogP contribution in [0.25, 0.3) is 0 Å². The lowest BCUT2D eigenvalue weighted by Gasteiger charge is -2.47. The molecule has 0 aromatic rings. The number of aliphatic carboxylic acids is 1. The third-order valence-electron chi connectivity index (χ3n) is 3.92. The van der Waals surface area contributed by atoms with E-state index >= 15 is 0 Å². The van der Waals surface area contributed by atoms with E-state index < -0.39 is 5.97 Å². The fraction of sp³-hybridized carbons (Fsp3) is 0.538. The van der Waals surface area contributed by atoms with Crippen LogP contribution in [0.1, 0.15) is 26.2 Å². The van der Waals surface area contributed by atoms with Gasteiger partial charge in [0.25, 0.3) is 0 Å². The van der Waals surface area contributed by atoms with Crippen molar-refractivity contribution in [2.24, 2.45) is 5.92 Å². The van der Waals surface area contributed by atoms with Crippen LogP contribution in [0.3, 0.4) is 0 Å². The van der Waals surface area contributed by atoms with Crippen LogP contribution in [0, 0.1) is 5.92 Å². The zero-order valence-electron chi connectivity index (χ0n) is 10.1. The van der Waals surface area contributed by atoms with Crippen LogP contribution < -0.4 is 0 Å². The molecule has 0 radical (unpaired) electrons. The average molecular weight is 249 g/mol. The molecule has 1 saturated carbocycles. The van der Waals surface area contributed by atoms with Gasteiger partial charge in [-0.15, -0.1) is 0 Å². The number of carboxylic acids is 1. The van der Waals surface area contributed by atoms with Crippen molar-refractivity contribution in [2.45, 2.75) is 38.3 Å². The molecular weight excluding hydrogens is 234 g/mol. The molecule has 1 fully saturated rings. The maximum Gasteiger partial charge on any atom is 0.340 e. The first kappa shape index (κ1) is 11.3. The molecule has 3 rings (SSSR count). The smallest absolute Gasteiger partial charge is 0.340 e. The summed E-state index contributed by atoms with van der Waals surface area (Å²) in [7, 11) is 0. The molecule has 0 saturated heterocycles. The summed E-state index contributed by atoms with van der Waals surface area (Å²) in [4.78, 5) is 25.1. The SMILES string of the molecule is CC1=CN2C=C(C(=O)O)C(=O)C3CCCC(O1)C32. The number of hydrogen-bond donors (Lipinski definition) is 1. The second-order valence-electron chi connectivity index (χ2n) is 5.08. The molecule has 5 nitrogen and oxygen atoms in total. The van der Waals surface area contributed by atoms with Crippen molar-refractivity contribution in [3.8, 4) is 0 Å². The van der Waals surface area contributed by atoms with Crippen molar-refractivity contribution < 1.29 is 19.4 Å². The third kappa shape index (κ3) is 1.54. The first-order valence-electron chi connectivity index (χ1n) is 6.20. The molecular formula is C13H15NO4. The standard InChI is InChI=1S/C13H15NO4/c1-7-5-14-6-9(13(16)17)12(15)8-3-2-4-10(18-7)11(8)14/h5-6,8,10-11H,2-4H2,1H3,(H,16,17). The highest BCUT2D eigenvalue weighted by molar-refractivity contribution is 6.18. The molecule has 3 aliphatic rings. The van der Waals surface area contributed by atoms with Crippen molar-refractivity contribution in [3.63, 3.8) is 0 Å². The Balaban J connectivity index is 2.07. The second-order valence-corrected chi connectivity index (χ2v) is 5.08. The van der Waals surface area contributed by atoms with Gasteiger partial charge in [-0.2, -0.15) is 0 Å². The van der Waals surface area contributed by atoms with Gasteiger partial charge in [0.2, 0.25) is 0 Å². The lowest BCUT2D eigenvalue weighted by atomic mass is 9.75. The van der Waals surface area contributed by atoms with Crippen LogP contribution in [0.15, 0.2) is 23.7 Å². The summed E-state index contributed by atoms with van der Waals surface area (Å²) in [5.74, 6) is -0.862. The number of ether oxygens (including phenoxy) is 1. The molecule has 1 N–H and O–H groups in total. The Kier molecular flexibility index (Phi) is 2.43. The molecule has 18 heavy (non-hydrogen) atoms. The number of hydrogen-bond acceptors (Lipinski definition) is 4. The number of Topliss-reactive ketones (excluding diaryl/α,β-unsaturated/α-hetero) is 1. The molecule has 0 bridgehead atoms. The van der Waals surface area contributed by atoms with Gasteiger partial charge in [0, 0.05) is 18.3 Å². The molecule has 3 atom stereocenters. The van der Waals surface area contributed by atoms with Gasteiger partial charge in [-0.25, -0.2) is 4.79 Å². The topological polar surface area (TPSA) is 66.8 Å². The summed E-state index contributed by atoms with van der Waals surface area (Å²) in [5, 5.41) is 9.09. The molecule has 0 spiro atoms. The van der Waals surface area contributed by atoms with Crippen molar-refractivity contribution >= 4 is 11.8 Å². The highest BCUT2D eigenvalue weighted by Gasteiger charge is 2.47. The predicted molar refractivity (Wildman–Crippen MR) is 62.3 cm³/mol. The van der Waals surface area contributed by atoms with Crippen molar-refractivity contribution in [2.75, 3.05) is 0 Å². The molecule has 2 aliphatic heterocycles. The van der Waals surface area contributed by atoms with Crippen molar-refractivity contribution in [1.82, 2.24) is 4.90 Å². The average Bonchev–Trinajstić information content (AvgIpc) is 2.32. The predicted octanol–water partition coefficient (Wildman–Crippen LogP) is 1.27. The third-order valence-corrected chi connectivity index (χ3v) is 3.92. The fourth-order valence-electron chi connectivity index (χ4n) is 3.22. The zero-order valence-corrected chi connectivity index (χ0v) is 10.1. The zero-order chi connectivity index (χ0) is 12.9. The maximum absolute atomic E-state index is 12.2. The van der Waals surface area contributed by atoms with E-state index in [2.05, 4.69) is 0 Å². The minimum Gasteiger partial charge on any atom is -0.491 e. The Morgan fingerprint density at radius 2 is 2.22 bits per heavy atom. The number of nitrogens with zero attached hydrogens (tertiary/aromatic N) is 1. The molecule has 0 aromatic heterocycles. The van der Waals surface area contributed by atoms with Gasteiger partial charge >= 0.3 is 5.97 Å². The van der Waals surface area contributed by atoms with Crippen molar-refractivity contribution in [1.29, 1.82) is 0 Å². The lowest BCUT2D eigenvalue weighted by Crippen LogP contribution is -2.55. The van der Waals surface area contributed by atoms with Gasteiger partial charge in [-0.05, 0) is 26.2 Å². The van der Waals surface area contributed by atoms with Crippen LogP contribution in [-0.4, -0.2) is 33.9 Å². The van der Waals surface area contributed by atoms with E-state index in [1.807, 2.05) is 11.8 Å². The van der Waals surface area contributed by atoms with E-state index in [1.54, 1.807) is 6.20 Å². The van der Waals surface area contributed by atoms with Gasteiger partial charge < -0.3 is 14.7 Å². The fourth-order valence-corrected chi connectivity index (χ4v) is 3.22. The highest BCUT2D eigenvalue weighted by atomic mass is 16.5. The summed E-state index contributed by atoms with van der Waals surface area (Å²) in [6, 6.07) is -0.0296. The maximum atomic E-state index is 12.2. The first-order chi connectivity index (χ1) is 8.58. The molecule has 5 heteroatoms. The molecule has 0 amide bonds. The highest BCUT2D eigenvalue weighted by Crippen LogP contribution is 2.39. The summed E-state index contributed by atoms with van der Waals surface area (Å²) in [6.07, 6.45) is 5.82. The largest absolute Gasteiger partial charge is 0.491 e. The second kappa shape index (κ2) is 3.86. The van der Waals surface area contributed by atoms with Crippen LogP contribution in [0.4, 0.5) is 0 Å². The van der Waals surface area contributed by atoms with E-state index in [9.17, 15) is 9.59 Å². The molecule has 3 unspecified atom stereocenters. The first-order valence-corrected chi connectivity index (χ1v) is 6.20. The van der Waals surface area contributed by atoms with E-state index in [0.29, 0.717) is 0 Å². The van der Waals surface area contributed by atoms with Crippen LogP contribution >= 0.6 is 0 Å². The number of allylic oxidation sites excluding steroid dienone is 1. The summed E-state index contributed by atoms with van der Waals surface area (Å²) in [5.41, 5.74) is -0.108. The molecule has 2 heterocycles. The number of ketones is 1. The number of carbonyl (C=O) groups excluding carboxylic acids is 1. The Morgan fingerprint density at radius 3 is 2.94 bits per heavy atom. The van der Waals surface area contributed by atoms with E-state index in [0.717, 1.165) is 25.0 Å². The van der Waals surface area contributed by atoms with Crippen molar-refractivity contribution in [3.05, 3.63) is 23.7 Å². The van der Waals surface area contributed by atoms with E-state index in [-0.39, 0.29) is 29.4 Å². The monoisotopic (exact) mass is 249 g/mol. The quantitative estimate of drug-likeness (QED) is 0.709. The van der Waals surface area contributed by atoms with Crippen LogP contribution in [0.5, 0.6) is 0 Å². The van der Waals surface area contributed by atoms with Crippen LogP contribution in [0.2, 0.25) is 0 Å². The Bertz CT molecular complexity index is 479.